The molecule has 1 aliphatic rings. The van der Waals surface area contributed by atoms with Crippen LogP contribution in [0.5, 0.6) is 0 Å². The molecule has 33 heavy (non-hydrogen) atoms. The summed E-state index contributed by atoms with van der Waals surface area (Å²) in [6, 6.07) is 4.40. The van der Waals surface area contributed by atoms with Crippen molar-refractivity contribution in [2.24, 2.45) is 10.7 Å². The summed E-state index contributed by atoms with van der Waals surface area (Å²) >= 11 is 0. The second kappa shape index (κ2) is 9.70. The highest BCUT2D eigenvalue weighted by molar-refractivity contribution is 6.20. The smallest absolute Gasteiger partial charge is 0.132 e. The number of aliphatic imine (C=N–C) groups is 1. The van der Waals surface area contributed by atoms with Crippen molar-refractivity contribution in [3.63, 3.8) is 0 Å². The normalized spacial score (nSPS) is 17.9. The third-order valence-corrected chi connectivity index (χ3v) is 6.19. The molecule has 1 fully saturated rings. The summed E-state index contributed by atoms with van der Waals surface area (Å²) in [4.78, 5) is 11.9. The summed E-state index contributed by atoms with van der Waals surface area (Å²) in [5, 5.41) is 13.6. The van der Waals surface area contributed by atoms with E-state index < -0.39 is 0 Å². The summed E-state index contributed by atoms with van der Waals surface area (Å²) in [6.45, 7) is 13.2. The molecule has 1 saturated heterocycles. The van der Waals surface area contributed by atoms with Crippen molar-refractivity contribution >= 4 is 24.2 Å². The first-order valence-corrected chi connectivity index (χ1v) is 11.7. The van der Waals surface area contributed by atoms with Crippen LogP contribution < -0.4 is 21.2 Å². The van der Waals surface area contributed by atoms with Crippen molar-refractivity contribution in [1.29, 1.82) is 0 Å². The fourth-order valence-corrected chi connectivity index (χ4v) is 4.32. The van der Waals surface area contributed by atoms with Gasteiger partial charge >= 0.3 is 0 Å². The van der Waals surface area contributed by atoms with Gasteiger partial charge in [0.2, 0.25) is 0 Å². The van der Waals surface area contributed by atoms with Gasteiger partial charge < -0.3 is 10.6 Å². The van der Waals surface area contributed by atoms with E-state index in [2.05, 4.69) is 58.6 Å². The van der Waals surface area contributed by atoms with E-state index in [-0.39, 0.29) is 6.04 Å². The van der Waals surface area contributed by atoms with Crippen LogP contribution in [0.3, 0.4) is 0 Å². The van der Waals surface area contributed by atoms with Gasteiger partial charge in [-0.25, -0.2) is 4.98 Å². The lowest BCUT2D eigenvalue weighted by Crippen LogP contribution is -2.43. The van der Waals surface area contributed by atoms with Crippen LogP contribution in [0.2, 0.25) is 0 Å². The van der Waals surface area contributed by atoms with Crippen molar-refractivity contribution in [3.05, 3.63) is 46.2 Å². The van der Waals surface area contributed by atoms with Crippen LogP contribution in [-0.2, 0) is 6.54 Å². The molecule has 3 N–H and O–H groups in total. The van der Waals surface area contributed by atoms with Gasteiger partial charge in [0.15, 0.2) is 0 Å². The monoisotopic (exact) mass is 446 g/mol. The zero-order valence-electron chi connectivity index (χ0n) is 20.0. The number of nitrogens with zero attached hydrogens (tertiary/aromatic N) is 6. The van der Waals surface area contributed by atoms with Crippen LogP contribution in [0.1, 0.15) is 50.7 Å². The quantitative estimate of drug-likeness (QED) is 0.565. The minimum absolute atomic E-state index is 0.178. The molecule has 3 aromatic heterocycles. The lowest BCUT2D eigenvalue weighted by Gasteiger charge is -2.33. The summed E-state index contributed by atoms with van der Waals surface area (Å²) in [5.74, 6) is 1.37. The fourth-order valence-electron chi connectivity index (χ4n) is 4.32. The Morgan fingerprint density at radius 3 is 2.88 bits per heavy atom. The molecule has 4 heterocycles. The van der Waals surface area contributed by atoms with E-state index in [0.717, 1.165) is 71.5 Å². The van der Waals surface area contributed by atoms with E-state index >= 15 is 0 Å². The van der Waals surface area contributed by atoms with Crippen LogP contribution in [0, 0.1) is 0 Å². The molecule has 0 bridgehead atoms. The van der Waals surface area contributed by atoms with Gasteiger partial charge in [-0.15, -0.1) is 0 Å². The maximum absolute atomic E-state index is 6.28. The van der Waals surface area contributed by atoms with Crippen molar-refractivity contribution in [1.82, 2.24) is 25.0 Å². The first-order chi connectivity index (χ1) is 15.9. The SMILES string of the molecule is C=c1[nH]nc(-c2ccc(C(C)C)c(N3CCC[C@H](N)C3)n2)/c1=C/C(=N\C)c1cnn(CC)c1. The average Bonchev–Trinajstić information content (AvgIpc) is 3.43. The molecule has 0 spiro atoms. The maximum Gasteiger partial charge on any atom is 0.132 e. The third kappa shape index (κ3) is 4.75. The predicted molar refractivity (Wildman–Crippen MR) is 135 cm³/mol. The highest BCUT2D eigenvalue weighted by atomic mass is 15.3. The fraction of sp³-hybridized carbons (Fsp3) is 0.440. The van der Waals surface area contributed by atoms with Crippen LogP contribution in [-0.4, -0.2) is 56.9 Å². The number of anilines is 1. The molecule has 0 aliphatic carbocycles. The molecule has 0 aromatic carbocycles. The summed E-state index contributed by atoms with van der Waals surface area (Å²) in [5.41, 5.74) is 10.9. The van der Waals surface area contributed by atoms with Gasteiger partial charge in [-0.2, -0.15) is 10.2 Å². The lowest BCUT2D eigenvalue weighted by molar-refractivity contribution is 0.501. The van der Waals surface area contributed by atoms with Crippen LogP contribution in [0.25, 0.3) is 24.0 Å². The summed E-state index contributed by atoms with van der Waals surface area (Å²) < 4.78 is 1.89. The average molecular weight is 447 g/mol. The minimum Gasteiger partial charge on any atom is -0.355 e. The zero-order chi connectivity index (χ0) is 23.5. The Morgan fingerprint density at radius 2 is 2.21 bits per heavy atom. The highest BCUT2D eigenvalue weighted by Gasteiger charge is 2.22. The molecule has 3 aromatic rings. The van der Waals surface area contributed by atoms with E-state index in [4.69, 9.17) is 10.7 Å². The Labute approximate surface area is 194 Å². The number of H-pyrrole nitrogens is 1. The minimum atomic E-state index is 0.178. The third-order valence-electron chi connectivity index (χ3n) is 6.19. The van der Waals surface area contributed by atoms with Crippen LogP contribution >= 0.6 is 0 Å². The summed E-state index contributed by atoms with van der Waals surface area (Å²) in [7, 11) is 1.78. The largest absolute Gasteiger partial charge is 0.355 e. The molecule has 0 unspecified atom stereocenters. The second-order valence-electron chi connectivity index (χ2n) is 8.91. The molecule has 174 valence electrons. The highest BCUT2D eigenvalue weighted by Crippen LogP contribution is 2.29. The van der Waals surface area contributed by atoms with Crippen molar-refractivity contribution in [3.8, 4) is 11.4 Å². The molecule has 1 atom stereocenters. The van der Waals surface area contributed by atoms with Crippen LogP contribution in [0.4, 0.5) is 5.82 Å². The Bertz CT molecular complexity index is 1250. The number of aryl methyl sites for hydroxylation is 1. The maximum atomic E-state index is 6.28. The molecule has 1 aliphatic heterocycles. The molecular weight excluding hydrogens is 412 g/mol. The molecule has 8 heteroatoms. The van der Waals surface area contributed by atoms with E-state index in [1.54, 1.807) is 7.05 Å². The van der Waals surface area contributed by atoms with E-state index in [1.165, 1.54) is 5.56 Å². The van der Waals surface area contributed by atoms with Crippen molar-refractivity contribution < 1.29 is 0 Å². The zero-order valence-corrected chi connectivity index (χ0v) is 20.0. The number of aromatic nitrogens is 5. The molecule has 0 saturated carbocycles. The van der Waals surface area contributed by atoms with Crippen molar-refractivity contribution in [2.75, 3.05) is 25.0 Å². The number of nitrogens with two attached hydrogens (primary N) is 1. The van der Waals surface area contributed by atoms with Gasteiger partial charge in [0.1, 0.15) is 11.5 Å². The number of nitrogens with one attached hydrogen (secondary N) is 1. The van der Waals surface area contributed by atoms with Crippen LogP contribution in [0.15, 0.2) is 29.5 Å². The lowest BCUT2D eigenvalue weighted by atomic mass is 10.00. The molecule has 4 rings (SSSR count). The Hall–Kier alpha value is -3.26. The molecule has 8 nitrogen and oxygen atoms in total. The number of aromatic amines is 1. The van der Waals surface area contributed by atoms with Gasteiger partial charge in [-0.1, -0.05) is 26.5 Å². The number of hydrogen-bond acceptors (Lipinski definition) is 6. The van der Waals surface area contributed by atoms with E-state index in [9.17, 15) is 0 Å². The topological polar surface area (TPSA) is 101 Å². The number of piperidine rings is 1. The Kier molecular flexibility index (Phi) is 6.74. The van der Waals surface area contributed by atoms with Gasteiger partial charge in [0.05, 0.1) is 23.0 Å². The molecule has 0 amide bonds. The number of hydrogen-bond donors (Lipinski definition) is 2. The molecule has 0 radical (unpaired) electrons. The Balaban J connectivity index is 1.80. The molecular formula is C25H34N8. The number of pyridine rings is 1. The first kappa shape index (κ1) is 22.9. The van der Waals surface area contributed by atoms with E-state index in [0.29, 0.717) is 5.92 Å². The predicted octanol–water partition coefficient (Wildman–Crippen LogP) is 2.05. The summed E-state index contributed by atoms with van der Waals surface area (Å²) in [6.07, 6.45) is 7.97. The van der Waals surface area contributed by atoms with Gasteiger partial charge in [-0.3, -0.25) is 14.8 Å². The first-order valence-electron chi connectivity index (χ1n) is 11.7. The second-order valence-corrected chi connectivity index (χ2v) is 8.91. The van der Waals surface area contributed by atoms with Gasteiger partial charge in [0, 0.05) is 49.7 Å². The Morgan fingerprint density at radius 1 is 1.39 bits per heavy atom. The van der Waals surface area contributed by atoms with E-state index in [1.807, 2.05) is 29.2 Å². The standard InChI is InChI=1S/C25H34N8/c1-6-33-14-18(13-28-33)23(27-5)12-21-17(4)30-31-24(21)22-10-9-20(16(2)3)25(29-22)32-11-7-8-19(26)15-32/h9-10,12-14,16,19,30H,4,6-8,11,15,26H2,1-3,5H3/b21-12+,27-23+/t19-/m0/s1. The van der Waals surface area contributed by atoms with Crippen molar-refractivity contribution in [2.45, 2.75) is 52.1 Å². The number of rotatable bonds is 6. The van der Waals surface area contributed by atoms with Gasteiger partial charge in [-0.05, 0) is 43.4 Å². The van der Waals surface area contributed by atoms with Gasteiger partial charge in [0.25, 0.3) is 0 Å².